The zero-order valence-electron chi connectivity index (χ0n) is 9.19. The largest absolute Gasteiger partial charge is 0.299 e. The molecular formula is C12H12ClNO3. The molecule has 1 saturated carbocycles. The van der Waals surface area contributed by atoms with Crippen molar-refractivity contribution in [2.24, 2.45) is 5.92 Å². The highest BCUT2D eigenvalue weighted by atomic mass is 35.5. The van der Waals surface area contributed by atoms with E-state index in [9.17, 15) is 14.9 Å². The Morgan fingerprint density at radius 2 is 2.18 bits per heavy atom. The summed E-state index contributed by atoms with van der Waals surface area (Å²) in [5.74, 6) is 0.385. The van der Waals surface area contributed by atoms with Gasteiger partial charge in [-0.15, -0.1) is 0 Å². The molecule has 1 aromatic carbocycles. The summed E-state index contributed by atoms with van der Waals surface area (Å²) in [5, 5.41) is 11.2. The number of carbonyl (C=O) groups excluding carboxylic acids is 1. The number of hydrogen-bond donors (Lipinski definition) is 0. The van der Waals surface area contributed by atoms with Crippen LogP contribution in [0.3, 0.4) is 0 Å². The van der Waals surface area contributed by atoms with E-state index in [-0.39, 0.29) is 17.4 Å². The zero-order valence-corrected chi connectivity index (χ0v) is 9.94. The summed E-state index contributed by atoms with van der Waals surface area (Å²) in [4.78, 5) is 21.9. The third kappa shape index (κ3) is 2.82. The van der Waals surface area contributed by atoms with Gasteiger partial charge in [0.15, 0.2) is 0 Å². The van der Waals surface area contributed by atoms with Crippen LogP contribution in [-0.4, -0.2) is 10.7 Å². The van der Waals surface area contributed by atoms with Crippen molar-refractivity contribution in [2.75, 3.05) is 0 Å². The SMILES string of the molecule is O=C(CCc1c(Cl)cccc1[N+](=O)[O-])C1CC1. The highest BCUT2D eigenvalue weighted by molar-refractivity contribution is 6.31. The third-order valence-electron chi connectivity index (χ3n) is 2.94. The van der Waals surface area contributed by atoms with Crippen molar-refractivity contribution in [3.63, 3.8) is 0 Å². The van der Waals surface area contributed by atoms with E-state index in [2.05, 4.69) is 0 Å². The maximum Gasteiger partial charge on any atom is 0.274 e. The van der Waals surface area contributed by atoms with E-state index in [1.54, 1.807) is 12.1 Å². The first-order valence-electron chi connectivity index (χ1n) is 5.54. The Hall–Kier alpha value is -1.42. The maximum absolute atomic E-state index is 11.6. The predicted octanol–water partition coefficient (Wildman–Crippen LogP) is 3.16. The second kappa shape index (κ2) is 4.84. The van der Waals surface area contributed by atoms with Gasteiger partial charge in [-0.2, -0.15) is 0 Å². The summed E-state index contributed by atoms with van der Waals surface area (Å²) in [5.41, 5.74) is 0.467. The number of benzene rings is 1. The number of nitrogens with zero attached hydrogens (tertiary/aromatic N) is 1. The van der Waals surface area contributed by atoms with Crippen LogP contribution in [0.1, 0.15) is 24.8 Å². The van der Waals surface area contributed by atoms with Gasteiger partial charge >= 0.3 is 0 Å². The van der Waals surface area contributed by atoms with Crippen molar-refractivity contribution < 1.29 is 9.72 Å². The number of rotatable bonds is 5. The smallest absolute Gasteiger partial charge is 0.274 e. The van der Waals surface area contributed by atoms with E-state index in [1.165, 1.54) is 6.07 Å². The fraction of sp³-hybridized carbons (Fsp3) is 0.417. The zero-order chi connectivity index (χ0) is 12.4. The van der Waals surface area contributed by atoms with Gasteiger partial charge < -0.3 is 0 Å². The van der Waals surface area contributed by atoms with Crippen LogP contribution in [0.2, 0.25) is 5.02 Å². The van der Waals surface area contributed by atoms with Gasteiger partial charge in [0.2, 0.25) is 0 Å². The molecule has 1 aromatic rings. The van der Waals surface area contributed by atoms with Gasteiger partial charge in [0, 0.05) is 24.0 Å². The summed E-state index contributed by atoms with van der Waals surface area (Å²) in [7, 11) is 0. The molecule has 17 heavy (non-hydrogen) atoms. The lowest BCUT2D eigenvalue weighted by molar-refractivity contribution is -0.385. The first-order valence-corrected chi connectivity index (χ1v) is 5.92. The average Bonchev–Trinajstić information content (AvgIpc) is 3.10. The van der Waals surface area contributed by atoms with Crippen LogP contribution in [0.15, 0.2) is 18.2 Å². The molecule has 90 valence electrons. The number of halogens is 1. The lowest BCUT2D eigenvalue weighted by Crippen LogP contribution is -2.04. The minimum Gasteiger partial charge on any atom is -0.299 e. The highest BCUT2D eigenvalue weighted by Crippen LogP contribution is 2.33. The third-order valence-corrected chi connectivity index (χ3v) is 3.30. The van der Waals surface area contributed by atoms with Gasteiger partial charge in [-0.1, -0.05) is 17.7 Å². The Kier molecular flexibility index (Phi) is 3.43. The first kappa shape index (κ1) is 12.0. The van der Waals surface area contributed by atoms with Gasteiger partial charge in [0.05, 0.1) is 9.95 Å². The van der Waals surface area contributed by atoms with Crippen molar-refractivity contribution in [1.82, 2.24) is 0 Å². The number of Topliss-reactive ketones (excluding diaryl/α,β-unsaturated/α-hetero) is 1. The molecule has 2 rings (SSSR count). The summed E-state index contributed by atoms with van der Waals surface area (Å²) < 4.78 is 0. The number of carbonyl (C=O) groups is 1. The van der Waals surface area contributed by atoms with Crippen LogP contribution < -0.4 is 0 Å². The fourth-order valence-electron chi connectivity index (χ4n) is 1.82. The number of nitro groups is 1. The summed E-state index contributed by atoms with van der Waals surface area (Å²) in [6.45, 7) is 0. The van der Waals surface area contributed by atoms with E-state index < -0.39 is 4.92 Å². The molecule has 1 aliphatic carbocycles. The molecule has 0 aliphatic heterocycles. The number of nitro benzene ring substituents is 1. The van der Waals surface area contributed by atoms with Gasteiger partial charge in [-0.05, 0) is 25.3 Å². The summed E-state index contributed by atoms with van der Waals surface area (Å²) >= 11 is 5.94. The van der Waals surface area contributed by atoms with Crippen molar-refractivity contribution in [2.45, 2.75) is 25.7 Å². The minimum atomic E-state index is -0.456. The Morgan fingerprint density at radius 1 is 1.47 bits per heavy atom. The molecule has 1 fully saturated rings. The molecule has 1 aliphatic rings. The van der Waals surface area contributed by atoms with Crippen molar-refractivity contribution in [3.05, 3.63) is 38.9 Å². The normalized spacial score (nSPS) is 14.6. The molecule has 4 nitrogen and oxygen atoms in total. The predicted molar refractivity (Wildman–Crippen MR) is 64.2 cm³/mol. The van der Waals surface area contributed by atoms with Crippen LogP contribution in [-0.2, 0) is 11.2 Å². The second-order valence-corrected chi connectivity index (χ2v) is 4.64. The monoisotopic (exact) mass is 253 g/mol. The quantitative estimate of drug-likeness (QED) is 0.598. The molecule has 0 aromatic heterocycles. The van der Waals surface area contributed by atoms with Crippen LogP contribution in [0.4, 0.5) is 5.69 Å². The van der Waals surface area contributed by atoms with E-state index in [4.69, 9.17) is 11.6 Å². The molecule has 0 radical (unpaired) electrons. The van der Waals surface area contributed by atoms with Crippen LogP contribution in [0.25, 0.3) is 0 Å². The Balaban J connectivity index is 2.12. The van der Waals surface area contributed by atoms with Crippen molar-refractivity contribution in [1.29, 1.82) is 0 Å². The van der Waals surface area contributed by atoms with Gasteiger partial charge in [-0.3, -0.25) is 14.9 Å². The van der Waals surface area contributed by atoms with E-state index in [0.717, 1.165) is 12.8 Å². The van der Waals surface area contributed by atoms with Crippen LogP contribution in [0, 0.1) is 16.0 Å². The molecule has 0 amide bonds. The van der Waals surface area contributed by atoms with Crippen LogP contribution in [0.5, 0.6) is 0 Å². The molecule has 5 heteroatoms. The topological polar surface area (TPSA) is 60.2 Å². The van der Waals surface area contributed by atoms with Gasteiger partial charge in [0.1, 0.15) is 5.78 Å². The van der Waals surface area contributed by atoms with E-state index >= 15 is 0 Å². The molecule has 0 spiro atoms. The average molecular weight is 254 g/mol. The lowest BCUT2D eigenvalue weighted by atomic mass is 10.0. The minimum absolute atomic E-state index is 0.00102. The fourth-order valence-corrected chi connectivity index (χ4v) is 2.09. The number of ketones is 1. The lowest BCUT2D eigenvalue weighted by Gasteiger charge is -2.04. The molecule has 0 N–H and O–H groups in total. The Labute approximate surface area is 104 Å². The van der Waals surface area contributed by atoms with E-state index in [1.807, 2.05) is 0 Å². The number of hydrogen-bond acceptors (Lipinski definition) is 3. The molecule has 0 atom stereocenters. The Bertz CT molecular complexity index is 469. The second-order valence-electron chi connectivity index (χ2n) is 4.24. The Morgan fingerprint density at radius 3 is 2.76 bits per heavy atom. The first-order chi connectivity index (χ1) is 8.09. The molecular weight excluding hydrogens is 242 g/mol. The summed E-state index contributed by atoms with van der Waals surface area (Å²) in [6, 6.07) is 4.58. The maximum atomic E-state index is 11.6. The van der Waals surface area contributed by atoms with Crippen molar-refractivity contribution >= 4 is 23.1 Å². The highest BCUT2D eigenvalue weighted by Gasteiger charge is 2.29. The molecule has 0 bridgehead atoms. The van der Waals surface area contributed by atoms with Crippen molar-refractivity contribution in [3.8, 4) is 0 Å². The standard InChI is InChI=1S/C12H12ClNO3/c13-10-2-1-3-11(14(16)17)9(10)6-7-12(15)8-4-5-8/h1-3,8H,4-7H2. The van der Waals surface area contributed by atoms with Gasteiger partial charge in [0.25, 0.3) is 5.69 Å². The van der Waals surface area contributed by atoms with Crippen LogP contribution >= 0.6 is 11.6 Å². The molecule has 0 heterocycles. The molecule has 0 unspecified atom stereocenters. The van der Waals surface area contributed by atoms with Gasteiger partial charge in [-0.25, -0.2) is 0 Å². The molecule has 0 saturated heterocycles. The van der Waals surface area contributed by atoms with E-state index in [0.29, 0.717) is 23.4 Å². The summed E-state index contributed by atoms with van der Waals surface area (Å²) in [6.07, 6.45) is 2.62.